The van der Waals surface area contributed by atoms with Gasteiger partial charge in [0.25, 0.3) is 5.91 Å². The number of primary amides is 1. The number of pyridine rings is 2. The van der Waals surface area contributed by atoms with Gasteiger partial charge >= 0.3 is 0 Å². The Morgan fingerprint density at radius 1 is 1.25 bits per heavy atom. The zero-order valence-electron chi connectivity index (χ0n) is 13.3. The predicted octanol–water partition coefficient (Wildman–Crippen LogP) is 3.37. The first-order valence-electron chi connectivity index (χ1n) is 7.51. The molecule has 2 aromatic heterocycles. The number of carbonyl (C=O) groups excluding carboxylic acids is 1. The summed E-state index contributed by atoms with van der Waals surface area (Å²) >= 11 is 3.46. The van der Waals surface area contributed by atoms with Crippen molar-refractivity contribution in [2.75, 3.05) is 0 Å². The first-order chi connectivity index (χ1) is 11.4. The molecule has 5 nitrogen and oxygen atoms in total. The molecule has 0 spiro atoms. The minimum atomic E-state index is -0.724. The lowest BCUT2D eigenvalue weighted by Gasteiger charge is -2.21. The summed E-state index contributed by atoms with van der Waals surface area (Å²) in [6, 6.07) is 11.0. The first kappa shape index (κ1) is 16.4. The lowest BCUT2D eigenvalue weighted by atomic mass is 9.99. The molecule has 0 atom stereocenters. The second kappa shape index (κ2) is 6.20. The van der Waals surface area contributed by atoms with Crippen LogP contribution in [0.3, 0.4) is 0 Å². The van der Waals surface area contributed by atoms with Crippen LogP contribution < -0.4 is 11.2 Å². The zero-order chi connectivity index (χ0) is 17.4. The summed E-state index contributed by atoms with van der Waals surface area (Å²) in [5.41, 5.74) is 7.06. The van der Waals surface area contributed by atoms with Gasteiger partial charge in [0.1, 0.15) is 11.2 Å². The number of rotatable bonds is 3. The Hall–Kier alpha value is -2.47. The van der Waals surface area contributed by atoms with Gasteiger partial charge in [-0.05, 0) is 36.2 Å². The molecule has 0 saturated heterocycles. The second-order valence-corrected chi connectivity index (χ2v) is 6.71. The van der Waals surface area contributed by atoms with Crippen LogP contribution >= 0.6 is 15.9 Å². The van der Waals surface area contributed by atoms with E-state index < -0.39 is 5.91 Å². The number of halogens is 1. The average Bonchev–Trinajstić information content (AvgIpc) is 2.54. The number of fused-ring (bicyclic) bond motifs is 1. The number of nitrogens with zero attached hydrogens (tertiary/aromatic N) is 2. The quantitative estimate of drug-likeness (QED) is 0.750. The molecule has 3 rings (SSSR count). The molecule has 0 radical (unpaired) electrons. The van der Waals surface area contributed by atoms with E-state index in [2.05, 4.69) is 20.9 Å². The normalized spacial score (nSPS) is 11.2. The Bertz CT molecular complexity index is 1010. The molecule has 0 fully saturated rings. The molecule has 2 N–H and O–H groups in total. The van der Waals surface area contributed by atoms with Crippen molar-refractivity contribution in [2.45, 2.75) is 19.8 Å². The van der Waals surface area contributed by atoms with Gasteiger partial charge in [0, 0.05) is 22.1 Å². The Balaban J connectivity index is 2.59. The standard InChI is InChI=1S/C18H16BrN3O2/c1-10(2)15-14(17(20)24)16(23)13-7-4-8-21-18(13)22(15)12-6-3-5-11(19)9-12/h3-10H,1-2H3,(H2,20,24). The molecule has 0 unspecified atom stereocenters. The SMILES string of the molecule is CC(C)c1c(C(N)=O)c(=O)c2cccnc2n1-c1cccc(Br)c1. The molecule has 0 bridgehead atoms. The highest BCUT2D eigenvalue weighted by molar-refractivity contribution is 9.10. The van der Waals surface area contributed by atoms with Gasteiger partial charge in [-0.1, -0.05) is 35.8 Å². The van der Waals surface area contributed by atoms with Gasteiger partial charge in [0.15, 0.2) is 0 Å². The molecule has 6 heteroatoms. The molecule has 0 aliphatic rings. The van der Waals surface area contributed by atoms with E-state index in [1.165, 1.54) is 0 Å². The minimum Gasteiger partial charge on any atom is -0.365 e. The van der Waals surface area contributed by atoms with Crippen molar-refractivity contribution < 1.29 is 4.79 Å². The second-order valence-electron chi connectivity index (χ2n) is 5.80. The topological polar surface area (TPSA) is 78.0 Å². The third kappa shape index (κ3) is 2.63. The third-order valence-corrected chi connectivity index (χ3v) is 4.32. The summed E-state index contributed by atoms with van der Waals surface area (Å²) in [5, 5.41) is 0.371. The summed E-state index contributed by atoms with van der Waals surface area (Å²) in [5.74, 6) is -0.816. The summed E-state index contributed by atoms with van der Waals surface area (Å²) in [4.78, 5) is 29.2. The Kier molecular flexibility index (Phi) is 4.24. The Morgan fingerprint density at radius 3 is 2.62 bits per heavy atom. The molecule has 1 amide bonds. The van der Waals surface area contributed by atoms with Crippen LogP contribution in [0.4, 0.5) is 0 Å². The maximum Gasteiger partial charge on any atom is 0.254 e. The highest BCUT2D eigenvalue weighted by Gasteiger charge is 2.24. The van der Waals surface area contributed by atoms with Crippen LogP contribution in [0.2, 0.25) is 0 Å². The van der Waals surface area contributed by atoms with Crippen molar-refractivity contribution in [1.82, 2.24) is 9.55 Å². The van der Waals surface area contributed by atoms with Gasteiger partial charge in [-0.15, -0.1) is 0 Å². The van der Waals surface area contributed by atoms with E-state index in [1.807, 2.05) is 42.7 Å². The van der Waals surface area contributed by atoms with Gasteiger partial charge in [0.2, 0.25) is 5.43 Å². The van der Waals surface area contributed by atoms with Gasteiger partial charge in [-0.3, -0.25) is 14.2 Å². The van der Waals surface area contributed by atoms with Crippen molar-refractivity contribution >= 4 is 32.9 Å². The van der Waals surface area contributed by atoms with Crippen LogP contribution in [0.25, 0.3) is 16.7 Å². The zero-order valence-corrected chi connectivity index (χ0v) is 14.9. The van der Waals surface area contributed by atoms with Crippen molar-refractivity contribution in [1.29, 1.82) is 0 Å². The maximum absolute atomic E-state index is 12.8. The molecule has 0 aliphatic carbocycles. The van der Waals surface area contributed by atoms with E-state index in [4.69, 9.17) is 5.73 Å². The number of amides is 1. The fraction of sp³-hybridized carbons (Fsp3) is 0.167. The van der Waals surface area contributed by atoms with Gasteiger partial charge in [-0.25, -0.2) is 4.98 Å². The number of benzene rings is 1. The lowest BCUT2D eigenvalue weighted by Crippen LogP contribution is -2.29. The molecule has 2 heterocycles. The van der Waals surface area contributed by atoms with E-state index >= 15 is 0 Å². The van der Waals surface area contributed by atoms with Crippen molar-refractivity contribution in [3.63, 3.8) is 0 Å². The van der Waals surface area contributed by atoms with Gasteiger partial charge in [-0.2, -0.15) is 0 Å². The van der Waals surface area contributed by atoms with E-state index in [-0.39, 0.29) is 16.9 Å². The van der Waals surface area contributed by atoms with Crippen LogP contribution in [0.15, 0.2) is 51.9 Å². The van der Waals surface area contributed by atoms with Crippen LogP contribution in [0, 0.1) is 0 Å². The highest BCUT2D eigenvalue weighted by Crippen LogP contribution is 2.27. The summed E-state index contributed by atoms with van der Waals surface area (Å²) in [7, 11) is 0. The molecule has 0 aliphatic heterocycles. The first-order valence-corrected chi connectivity index (χ1v) is 8.30. The fourth-order valence-electron chi connectivity index (χ4n) is 2.89. The van der Waals surface area contributed by atoms with E-state index in [1.54, 1.807) is 18.3 Å². The van der Waals surface area contributed by atoms with Crippen molar-refractivity contribution in [2.24, 2.45) is 5.73 Å². The number of carbonyl (C=O) groups is 1. The number of hydrogen-bond acceptors (Lipinski definition) is 3. The highest BCUT2D eigenvalue weighted by atomic mass is 79.9. The average molecular weight is 386 g/mol. The van der Waals surface area contributed by atoms with Crippen LogP contribution in [0.1, 0.15) is 35.8 Å². The predicted molar refractivity (Wildman–Crippen MR) is 97.6 cm³/mol. The molecule has 1 aromatic carbocycles. The van der Waals surface area contributed by atoms with E-state index in [0.29, 0.717) is 16.7 Å². The smallest absolute Gasteiger partial charge is 0.254 e. The van der Waals surface area contributed by atoms with Crippen LogP contribution in [-0.4, -0.2) is 15.5 Å². The summed E-state index contributed by atoms with van der Waals surface area (Å²) < 4.78 is 2.73. The van der Waals surface area contributed by atoms with E-state index in [9.17, 15) is 9.59 Å². The van der Waals surface area contributed by atoms with Crippen molar-refractivity contribution in [3.8, 4) is 5.69 Å². The summed E-state index contributed by atoms with van der Waals surface area (Å²) in [6.45, 7) is 3.84. The Labute approximate surface area is 147 Å². The Morgan fingerprint density at radius 2 is 2.00 bits per heavy atom. The van der Waals surface area contributed by atoms with Gasteiger partial charge < -0.3 is 5.73 Å². The molecule has 24 heavy (non-hydrogen) atoms. The molecule has 122 valence electrons. The summed E-state index contributed by atoms with van der Waals surface area (Å²) in [6.07, 6.45) is 1.63. The largest absolute Gasteiger partial charge is 0.365 e. The van der Waals surface area contributed by atoms with Crippen LogP contribution in [0.5, 0.6) is 0 Å². The maximum atomic E-state index is 12.8. The van der Waals surface area contributed by atoms with Gasteiger partial charge in [0.05, 0.1) is 5.39 Å². The number of nitrogens with two attached hydrogens (primary N) is 1. The molecular formula is C18H16BrN3O2. The van der Waals surface area contributed by atoms with Crippen molar-refractivity contribution in [3.05, 3.63) is 68.5 Å². The molecular weight excluding hydrogens is 370 g/mol. The van der Waals surface area contributed by atoms with Crippen LogP contribution in [-0.2, 0) is 0 Å². The number of hydrogen-bond donors (Lipinski definition) is 1. The monoisotopic (exact) mass is 385 g/mol. The minimum absolute atomic E-state index is 0.0190. The lowest BCUT2D eigenvalue weighted by molar-refractivity contribution is 0.0997. The third-order valence-electron chi connectivity index (χ3n) is 3.83. The number of aromatic nitrogens is 2. The molecule has 3 aromatic rings. The fourth-order valence-corrected chi connectivity index (χ4v) is 3.28. The van der Waals surface area contributed by atoms with E-state index in [0.717, 1.165) is 10.2 Å². The molecule has 0 saturated carbocycles.